The zero-order chi connectivity index (χ0) is 27.3. The number of carbonyl (C=O) groups is 1. The summed E-state index contributed by atoms with van der Waals surface area (Å²) in [7, 11) is 1.63. The van der Waals surface area contributed by atoms with Crippen LogP contribution in [0, 0.1) is 5.92 Å². The Labute approximate surface area is 217 Å². The molecule has 6 N–H and O–H groups in total. The van der Waals surface area contributed by atoms with Crippen LogP contribution < -0.4 is 10.5 Å². The second-order valence-corrected chi connectivity index (χ2v) is 10.3. The van der Waals surface area contributed by atoms with E-state index < -0.39 is 30.3 Å². The highest BCUT2D eigenvalue weighted by Gasteiger charge is 2.35. The number of aliphatic hydroxyl groups excluding tert-OH is 4. The average molecular weight is 515 g/mol. The minimum Gasteiger partial charge on any atom is -0.497 e. The summed E-state index contributed by atoms with van der Waals surface area (Å²) in [5, 5.41) is 36.8. The van der Waals surface area contributed by atoms with Crippen molar-refractivity contribution in [3.8, 4) is 5.75 Å². The Hall–Kier alpha value is -2.95. The summed E-state index contributed by atoms with van der Waals surface area (Å²) in [5.74, 6) is -0.323. The number of hydrogen-bond donors (Lipinski definition) is 5. The van der Waals surface area contributed by atoms with Crippen LogP contribution in [0.15, 0.2) is 48.7 Å². The van der Waals surface area contributed by atoms with E-state index in [9.17, 15) is 15.0 Å². The summed E-state index contributed by atoms with van der Waals surface area (Å²) in [6.45, 7) is 6.72. The third-order valence-corrected chi connectivity index (χ3v) is 6.64. The van der Waals surface area contributed by atoms with Gasteiger partial charge in [-0.2, -0.15) is 0 Å². The van der Waals surface area contributed by atoms with Crippen molar-refractivity contribution in [2.45, 2.75) is 57.6 Å². The Morgan fingerprint density at radius 3 is 2.30 bits per heavy atom. The number of carbonyl (C=O) groups excluding carboxylic acids is 1. The van der Waals surface area contributed by atoms with Gasteiger partial charge in [-0.15, -0.1) is 0 Å². The molecule has 1 aliphatic heterocycles. The Bertz CT molecular complexity index is 1170. The molecule has 0 aliphatic carbocycles. The molecular formula is C28H38N2O7. The highest BCUT2D eigenvalue weighted by molar-refractivity contribution is 6.06. The molecule has 0 radical (unpaired) electrons. The van der Waals surface area contributed by atoms with E-state index in [2.05, 4.69) is 45.0 Å². The summed E-state index contributed by atoms with van der Waals surface area (Å²) >= 11 is 0. The van der Waals surface area contributed by atoms with Gasteiger partial charge in [-0.1, -0.05) is 45.0 Å². The highest BCUT2D eigenvalue weighted by Crippen LogP contribution is 2.28. The molecule has 0 spiro atoms. The van der Waals surface area contributed by atoms with Crippen LogP contribution in [0.5, 0.6) is 5.75 Å². The lowest BCUT2D eigenvalue weighted by molar-refractivity contribution is -0.237. The molecule has 1 fully saturated rings. The fourth-order valence-electron chi connectivity index (χ4n) is 4.35. The first-order valence-corrected chi connectivity index (χ1v) is 12.3. The van der Waals surface area contributed by atoms with Crippen molar-refractivity contribution in [1.82, 2.24) is 4.57 Å². The number of benzene rings is 2. The van der Waals surface area contributed by atoms with E-state index in [4.69, 9.17) is 25.4 Å². The van der Waals surface area contributed by atoms with Gasteiger partial charge in [0.15, 0.2) is 6.29 Å². The highest BCUT2D eigenvalue weighted by atomic mass is 16.6. The van der Waals surface area contributed by atoms with Crippen LogP contribution in [0.1, 0.15) is 48.7 Å². The quantitative estimate of drug-likeness (QED) is 0.339. The van der Waals surface area contributed by atoms with E-state index in [1.165, 1.54) is 11.1 Å². The molecule has 0 saturated carbocycles. The van der Waals surface area contributed by atoms with Gasteiger partial charge in [0.25, 0.3) is 5.91 Å². The van der Waals surface area contributed by atoms with Gasteiger partial charge >= 0.3 is 0 Å². The molecule has 0 bridgehead atoms. The van der Waals surface area contributed by atoms with Gasteiger partial charge < -0.3 is 40.2 Å². The van der Waals surface area contributed by atoms with Crippen molar-refractivity contribution in [2.75, 3.05) is 20.3 Å². The number of fused-ring (bicyclic) bond motifs is 1. The summed E-state index contributed by atoms with van der Waals surface area (Å²) in [6, 6.07) is 14.3. The number of hydrogen-bond acceptors (Lipinski definition) is 7. The molecule has 1 amide bonds. The minimum absolute atomic E-state index is 0.130. The summed E-state index contributed by atoms with van der Waals surface area (Å²) in [6.07, 6.45) is -0.451. The van der Waals surface area contributed by atoms with Gasteiger partial charge in [-0.3, -0.25) is 4.79 Å². The lowest BCUT2D eigenvalue weighted by Gasteiger charge is -2.35. The molecule has 1 saturated heterocycles. The van der Waals surface area contributed by atoms with E-state index in [0.717, 1.165) is 16.7 Å². The van der Waals surface area contributed by atoms with Crippen LogP contribution >= 0.6 is 0 Å². The number of aliphatic hydroxyl groups is 4. The molecule has 1 aromatic heterocycles. The largest absolute Gasteiger partial charge is 0.497 e. The number of amides is 1. The fourth-order valence-corrected chi connectivity index (χ4v) is 4.35. The van der Waals surface area contributed by atoms with Crippen LogP contribution in [-0.2, 0) is 16.7 Å². The first kappa shape index (κ1) is 28.6. The Balaban J connectivity index is 0.000000266. The van der Waals surface area contributed by atoms with E-state index in [0.29, 0.717) is 12.1 Å². The Morgan fingerprint density at radius 1 is 1.11 bits per heavy atom. The van der Waals surface area contributed by atoms with Gasteiger partial charge in [0, 0.05) is 30.6 Å². The Kier molecular flexibility index (Phi) is 9.33. The van der Waals surface area contributed by atoms with Crippen LogP contribution in [0.3, 0.4) is 0 Å². The molecule has 4 rings (SSSR count). The van der Waals surface area contributed by atoms with Crippen molar-refractivity contribution in [2.24, 2.45) is 11.7 Å². The van der Waals surface area contributed by atoms with E-state index in [1.54, 1.807) is 7.11 Å². The summed E-state index contributed by atoms with van der Waals surface area (Å²) in [4.78, 5) is 11.8. The normalized spacial score (nSPS) is 21.8. The van der Waals surface area contributed by atoms with Crippen LogP contribution in [0.4, 0.5) is 0 Å². The monoisotopic (exact) mass is 514 g/mol. The molecular weight excluding hydrogens is 476 g/mol. The SMILES string of the molecule is COc1ccc2c(C(N)=O)cn(Cc3ccc(C(C)(C)C)cc3)c2c1.OCC1CC(O)C(CO)C(O)O1. The zero-order valence-electron chi connectivity index (χ0n) is 21.8. The standard InChI is InChI=1S/C21H24N2O2.C7H14O5/c1-21(2,3)15-7-5-14(6-8-15)12-23-13-18(20(22)24)17-10-9-16(25-4)11-19(17)23;8-2-4-1-6(10)5(3-9)7(11)12-4/h5-11,13H,12H2,1-4H3,(H2,22,24);4-11H,1-3H2. The van der Waals surface area contributed by atoms with E-state index in [-0.39, 0.29) is 25.0 Å². The third kappa shape index (κ3) is 6.88. The molecule has 37 heavy (non-hydrogen) atoms. The van der Waals surface area contributed by atoms with Gasteiger partial charge in [0.05, 0.1) is 49.5 Å². The van der Waals surface area contributed by atoms with Crippen molar-refractivity contribution in [3.63, 3.8) is 0 Å². The molecule has 2 aromatic carbocycles. The summed E-state index contributed by atoms with van der Waals surface area (Å²) in [5.41, 5.74) is 9.61. The number of nitrogens with two attached hydrogens (primary N) is 1. The van der Waals surface area contributed by atoms with E-state index >= 15 is 0 Å². The summed E-state index contributed by atoms with van der Waals surface area (Å²) < 4.78 is 12.3. The predicted molar refractivity (Wildman–Crippen MR) is 140 cm³/mol. The average Bonchev–Trinajstić information content (AvgIpc) is 3.21. The first-order valence-electron chi connectivity index (χ1n) is 12.3. The number of aromatic nitrogens is 1. The number of rotatable bonds is 6. The molecule has 9 heteroatoms. The smallest absolute Gasteiger partial charge is 0.250 e. The number of methoxy groups -OCH3 is 1. The molecule has 4 atom stereocenters. The van der Waals surface area contributed by atoms with Crippen molar-refractivity contribution in [1.29, 1.82) is 0 Å². The molecule has 9 nitrogen and oxygen atoms in total. The third-order valence-electron chi connectivity index (χ3n) is 6.64. The van der Waals surface area contributed by atoms with Gasteiger partial charge in [-0.05, 0) is 28.7 Å². The van der Waals surface area contributed by atoms with Gasteiger partial charge in [0.1, 0.15) is 5.75 Å². The maximum absolute atomic E-state index is 11.8. The number of nitrogens with zero attached hydrogens (tertiary/aromatic N) is 1. The second kappa shape index (κ2) is 12.1. The van der Waals surface area contributed by atoms with Crippen LogP contribution in [-0.4, -0.2) is 69.7 Å². The number of primary amides is 1. The number of ether oxygens (including phenoxy) is 2. The topological polar surface area (TPSA) is 147 Å². The molecule has 1 aliphatic rings. The Morgan fingerprint density at radius 2 is 1.78 bits per heavy atom. The molecule has 2 heterocycles. The van der Waals surface area contributed by atoms with E-state index in [1.807, 2.05) is 29.0 Å². The second-order valence-electron chi connectivity index (χ2n) is 10.3. The maximum Gasteiger partial charge on any atom is 0.250 e. The van der Waals surface area contributed by atoms with Crippen molar-refractivity contribution < 1.29 is 34.7 Å². The van der Waals surface area contributed by atoms with Crippen molar-refractivity contribution in [3.05, 3.63) is 65.4 Å². The fraction of sp³-hybridized carbons (Fsp3) is 0.464. The van der Waals surface area contributed by atoms with Gasteiger partial charge in [-0.25, -0.2) is 0 Å². The van der Waals surface area contributed by atoms with Crippen molar-refractivity contribution >= 4 is 16.8 Å². The van der Waals surface area contributed by atoms with Crippen LogP contribution in [0.2, 0.25) is 0 Å². The zero-order valence-corrected chi connectivity index (χ0v) is 21.8. The minimum atomic E-state index is -1.18. The van der Waals surface area contributed by atoms with Crippen LogP contribution in [0.25, 0.3) is 10.9 Å². The lowest BCUT2D eigenvalue weighted by atomic mass is 9.87. The molecule has 3 aromatic rings. The predicted octanol–water partition coefficient (Wildman–Crippen LogP) is 2.15. The molecule has 4 unspecified atom stereocenters. The first-order chi connectivity index (χ1) is 17.5. The lowest BCUT2D eigenvalue weighted by Crippen LogP contribution is -2.46. The molecule has 202 valence electrons. The maximum atomic E-state index is 11.8. The van der Waals surface area contributed by atoms with Gasteiger partial charge in [0.2, 0.25) is 0 Å².